The quantitative estimate of drug-likeness (QED) is 0.528. The van der Waals surface area contributed by atoms with Crippen molar-refractivity contribution >= 4 is 22.7 Å². The van der Waals surface area contributed by atoms with Crippen LogP contribution in [-0.4, -0.2) is 19.7 Å². The van der Waals surface area contributed by atoms with Gasteiger partial charge in [0.1, 0.15) is 5.75 Å². The molecule has 27 heavy (non-hydrogen) atoms. The van der Waals surface area contributed by atoms with Crippen LogP contribution in [0.1, 0.15) is 11.3 Å². The highest BCUT2D eigenvalue weighted by atomic mass is 16.5. The van der Waals surface area contributed by atoms with E-state index in [4.69, 9.17) is 10.5 Å². The van der Waals surface area contributed by atoms with Gasteiger partial charge in [-0.25, -0.2) is 4.98 Å². The van der Waals surface area contributed by atoms with E-state index in [0.717, 1.165) is 39.7 Å². The summed E-state index contributed by atoms with van der Waals surface area (Å²) in [6, 6.07) is 17.2. The van der Waals surface area contributed by atoms with Crippen LogP contribution in [0, 0.1) is 6.92 Å². The number of nitrogen functional groups attached to an aromatic ring is 1. The van der Waals surface area contributed by atoms with Crippen LogP contribution >= 0.6 is 0 Å². The Kier molecular flexibility index (Phi) is 4.33. The lowest BCUT2D eigenvalue weighted by Crippen LogP contribution is -2.05. The standard InChI is InChI=1S/C20H20N6O/c1-13-3-10-19(25-24-13)27-16-7-4-14(5-8-16)12-22-20-23-17-9-6-15(21)11-18(17)26(20)2/h3-11H,12,21H2,1-2H3,(H,22,23). The third-order valence-electron chi connectivity index (χ3n) is 4.27. The van der Waals surface area contributed by atoms with Crippen molar-refractivity contribution in [3.8, 4) is 11.6 Å². The third-order valence-corrected chi connectivity index (χ3v) is 4.27. The number of hydrogen-bond donors (Lipinski definition) is 2. The first-order valence-electron chi connectivity index (χ1n) is 8.61. The van der Waals surface area contributed by atoms with Crippen molar-refractivity contribution in [2.24, 2.45) is 7.05 Å². The van der Waals surface area contributed by atoms with Gasteiger partial charge in [0.15, 0.2) is 0 Å². The fourth-order valence-corrected chi connectivity index (χ4v) is 2.78. The maximum atomic E-state index is 5.86. The van der Waals surface area contributed by atoms with Gasteiger partial charge < -0.3 is 20.4 Å². The Morgan fingerprint density at radius 1 is 1.04 bits per heavy atom. The second-order valence-electron chi connectivity index (χ2n) is 6.36. The summed E-state index contributed by atoms with van der Waals surface area (Å²) in [5.74, 6) is 1.99. The van der Waals surface area contributed by atoms with Gasteiger partial charge >= 0.3 is 0 Å². The van der Waals surface area contributed by atoms with Crippen LogP contribution in [0.25, 0.3) is 11.0 Å². The summed E-state index contributed by atoms with van der Waals surface area (Å²) in [5, 5.41) is 11.4. The molecule has 0 saturated carbocycles. The topological polar surface area (TPSA) is 90.9 Å². The summed E-state index contributed by atoms with van der Waals surface area (Å²) in [5.41, 5.74) is 10.5. The van der Waals surface area contributed by atoms with Crippen molar-refractivity contribution in [3.63, 3.8) is 0 Å². The van der Waals surface area contributed by atoms with E-state index in [1.807, 2.05) is 67.1 Å². The van der Waals surface area contributed by atoms with Crippen LogP contribution in [0.2, 0.25) is 0 Å². The van der Waals surface area contributed by atoms with Gasteiger partial charge in [0.05, 0.1) is 16.7 Å². The zero-order chi connectivity index (χ0) is 18.8. The van der Waals surface area contributed by atoms with Gasteiger partial charge in [0.25, 0.3) is 0 Å². The molecule has 0 bridgehead atoms. The summed E-state index contributed by atoms with van der Waals surface area (Å²) in [4.78, 5) is 4.61. The SMILES string of the molecule is Cc1ccc(Oc2ccc(CNc3nc4ccc(N)cc4n3C)cc2)nn1. The summed E-state index contributed by atoms with van der Waals surface area (Å²) in [6.45, 7) is 2.54. The number of nitrogens with one attached hydrogen (secondary N) is 1. The third kappa shape index (κ3) is 3.67. The van der Waals surface area contributed by atoms with Crippen LogP contribution < -0.4 is 15.8 Å². The Morgan fingerprint density at radius 3 is 2.59 bits per heavy atom. The Morgan fingerprint density at radius 2 is 1.85 bits per heavy atom. The van der Waals surface area contributed by atoms with Crippen molar-refractivity contribution in [1.82, 2.24) is 19.7 Å². The van der Waals surface area contributed by atoms with Crippen molar-refractivity contribution in [2.75, 3.05) is 11.1 Å². The predicted molar refractivity (Wildman–Crippen MR) is 106 cm³/mol. The molecule has 0 spiro atoms. The smallest absolute Gasteiger partial charge is 0.238 e. The van der Waals surface area contributed by atoms with Gasteiger partial charge in [-0.15, -0.1) is 5.10 Å². The molecule has 0 atom stereocenters. The van der Waals surface area contributed by atoms with Gasteiger partial charge in [0.2, 0.25) is 11.8 Å². The molecule has 4 aromatic rings. The average Bonchev–Trinajstić information content (AvgIpc) is 2.98. The maximum absolute atomic E-state index is 5.86. The largest absolute Gasteiger partial charge is 0.438 e. The van der Waals surface area contributed by atoms with E-state index in [1.165, 1.54) is 0 Å². The molecule has 7 heteroatoms. The van der Waals surface area contributed by atoms with E-state index < -0.39 is 0 Å². The molecule has 7 nitrogen and oxygen atoms in total. The molecular formula is C20H20N6O. The molecular weight excluding hydrogens is 340 g/mol. The Hall–Kier alpha value is -3.61. The number of nitrogens with zero attached hydrogens (tertiary/aromatic N) is 4. The maximum Gasteiger partial charge on any atom is 0.238 e. The molecule has 0 aliphatic heterocycles. The number of ether oxygens (including phenoxy) is 1. The highest BCUT2D eigenvalue weighted by Crippen LogP contribution is 2.22. The summed E-state index contributed by atoms with van der Waals surface area (Å²) in [7, 11) is 1.97. The van der Waals surface area contributed by atoms with Crippen molar-refractivity contribution < 1.29 is 4.74 Å². The van der Waals surface area contributed by atoms with Gasteiger partial charge in [-0.2, -0.15) is 5.10 Å². The van der Waals surface area contributed by atoms with Crippen LogP contribution in [-0.2, 0) is 13.6 Å². The highest BCUT2D eigenvalue weighted by Gasteiger charge is 2.08. The van der Waals surface area contributed by atoms with Gasteiger partial charge in [-0.3, -0.25) is 0 Å². The Balaban J connectivity index is 1.43. The summed E-state index contributed by atoms with van der Waals surface area (Å²) < 4.78 is 7.70. The lowest BCUT2D eigenvalue weighted by molar-refractivity contribution is 0.454. The number of anilines is 2. The number of fused-ring (bicyclic) bond motifs is 1. The number of aromatic nitrogens is 4. The van der Waals surface area contributed by atoms with E-state index in [-0.39, 0.29) is 0 Å². The second-order valence-corrected chi connectivity index (χ2v) is 6.36. The van der Waals surface area contributed by atoms with Gasteiger partial charge in [-0.05, 0) is 48.9 Å². The molecule has 2 heterocycles. The van der Waals surface area contributed by atoms with Gasteiger partial charge in [-0.1, -0.05) is 12.1 Å². The molecule has 2 aromatic heterocycles. The van der Waals surface area contributed by atoms with Crippen LogP contribution in [0.4, 0.5) is 11.6 Å². The number of benzene rings is 2. The minimum absolute atomic E-state index is 0.477. The molecule has 0 fully saturated rings. The van der Waals surface area contributed by atoms with Gasteiger partial charge in [0, 0.05) is 25.3 Å². The first kappa shape index (κ1) is 16.8. The Bertz CT molecular complexity index is 1070. The number of imidazole rings is 1. The number of aryl methyl sites for hydroxylation is 2. The van der Waals surface area contributed by atoms with Crippen molar-refractivity contribution in [1.29, 1.82) is 0 Å². The van der Waals surface area contributed by atoms with Crippen LogP contribution in [0.15, 0.2) is 54.6 Å². The lowest BCUT2D eigenvalue weighted by Gasteiger charge is -2.08. The van der Waals surface area contributed by atoms with Crippen LogP contribution in [0.3, 0.4) is 0 Å². The second kappa shape index (κ2) is 6.95. The summed E-state index contributed by atoms with van der Waals surface area (Å²) >= 11 is 0. The molecule has 0 aliphatic carbocycles. The molecule has 0 saturated heterocycles. The molecule has 3 N–H and O–H groups in total. The molecule has 0 unspecified atom stereocenters. The van der Waals surface area contributed by atoms with E-state index in [1.54, 1.807) is 6.07 Å². The lowest BCUT2D eigenvalue weighted by atomic mass is 10.2. The van der Waals surface area contributed by atoms with E-state index >= 15 is 0 Å². The first-order chi connectivity index (χ1) is 13.1. The molecule has 136 valence electrons. The molecule has 0 amide bonds. The number of rotatable bonds is 5. The zero-order valence-electron chi connectivity index (χ0n) is 15.2. The minimum Gasteiger partial charge on any atom is -0.438 e. The summed E-state index contributed by atoms with van der Waals surface area (Å²) in [6.07, 6.45) is 0. The van der Waals surface area contributed by atoms with E-state index in [0.29, 0.717) is 12.4 Å². The highest BCUT2D eigenvalue weighted by molar-refractivity contribution is 5.81. The average molecular weight is 360 g/mol. The van der Waals surface area contributed by atoms with E-state index in [9.17, 15) is 0 Å². The van der Waals surface area contributed by atoms with E-state index in [2.05, 4.69) is 20.5 Å². The molecule has 2 aromatic carbocycles. The number of nitrogens with two attached hydrogens (primary N) is 1. The predicted octanol–water partition coefficient (Wildman–Crippen LogP) is 3.66. The van der Waals surface area contributed by atoms with Crippen LogP contribution in [0.5, 0.6) is 11.6 Å². The fourth-order valence-electron chi connectivity index (χ4n) is 2.78. The molecule has 0 radical (unpaired) electrons. The normalized spacial score (nSPS) is 10.9. The zero-order valence-corrected chi connectivity index (χ0v) is 15.2. The van der Waals surface area contributed by atoms with Crippen molar-refractivity contribution in [3.05, 3.63) is 65.9 Å². The monoisotopic (exact) mass is 360 g/mol. The molecule has 0 aliphatic rings. The minimum atomic E-state index is 0.477. The fraction of sp³-hybridized carbons (Fsp3) is 0.150. The van der Waals surface area contributed by atoms with Crippen molar-refractivity contribution in [2.45, 2.75) is 13.5 Å². The Labute approximate surface area is 156 Å². The number of hydrogen-bond acceptors (Lipinski definition) is 6. The first-order valence-corrected chi connectivity index (χ1v) is 8.61. The molecule has 4 rings (SSSR count).